The maximum absolute atomic E-state index is 6.07. The van der Waals surface area contributed by atoms with Crippen molar-refractivity contribution in [2.45, 2.75) is 65.4 Å². The molecule has 1 aromatic rings. The largest absolute Gasteiger partial charge is 0.489 e. The summed E-state index contributed by atoms with van der Waals surface area (Å²) >= 11 is 0. The SMILES string of the molecule is CCc1ncc(O[C@H]2CC[C@H](CC)CC2)cc1C. The fraction of sp³-hybridized carbons (Fsp3) is 0.688. The molecule has 100 valence electrons. The van der Waals surface area contributed by atoms with Crippen molar-refractivity contribution in [3.05, 3.63) is 23.5 Å². The molecule has 1 aliphatic rings. The van der Waals surface area contributed by atoms with Crippen LogP contribution in [0.5, 0.6) is 5.75 Å². The summed E-state index contributed by atoms with van der Waals surface area (Å²) in [5.74, 6) is 1.87. The van der Waals surface area contributed by atoms with Gasteiger partial charge in [-0.2, -0.15) is 0 Å². The highest BCUT2D eigenvalue weighted by Crippen LogP contribution is 2.29. The molecule has 2 heteroatoms. The Balaban J connectivity index is 1.92. The molecule has 0 spiro atoms. The first kappa shape index (κ1) is 13.4. The van der Waals surface area contributed by atoms with Gasteiger partial charge in [0.25, 0.3) is 0 Å². The summed E-state index contributed by atoms with van der Waals surface area (Å²) < 4.78 is 6.07. The molecule has 0 saturated heterocycles. The van der Waals surface area contributed by atoms with Crippen LogP contribution in [0.2, 0.25) is 0 Å². The number of aromatic nitrogens is 1. The van der Waals surface area contributed by atoms with E-state index in [9.17, 15) is 0 Å². The van der Waals surface area contributed by atoms with Crippen molar-refractivity contribution in [3.8, 4) is 5.75 Å². The molecule has 2 nitrogen and oxygen atoms in total. The van der Waals surface area contributed by atoms with Gasteiger partial charge in [-0.05, 0) is 56.6 Å². The second-order valence-electron chi connectivity index (χ2n) is 5.46. The predicted molar refractivity (Wildman–Crippen MR) is 75.0 cm³/mol. The summed E-state index contributed by atoms with van der Waals surface area (Å²) in [6.07, 6.45) is 9.65. The molecule has 1 aliphatic carbocycles. The first-order valence-corrected chi connectivity index (χ1v) is 7.35. The van der Waals surface area contributed by atoms with Gasteiger partial charge in [0.1, 0.15) is 5.75 Å². The summed E-state index contributed by atoms with van der Waals surface area (Å²) in [6, 6.07) is 2.14. The quantitative estimate of drug-likeness (QED) is 0.791. The summed E-state index contributed by atoms with van der Waals surface area (Å²) in [5.41, 5.74) is 2.43. The zero-order chi connectivity index (χ0) is 13.0. The van der Waals surface area contributed by atoms with Crippen molar-refractivity contribution in [2.75, 3.05) is 0 Å². The number of hydrogen-bond donors (Lipinski definition) is 0. The van der Waals surface area contributed by atoms with E-state index in [2.05, 4.69) is 31.8 Å². The molecule has 0 unspecified atom stereocenters. The van der Waals surface area contributed by atoms with Crippen LogP contribution in [0.4, 0.5) is 0 Å². The van der Waals surface area contributed by atoms with Gasteiger partial charge in [-0.1, -0.05) is 20.3 Å². The van der Waals surface area contributed by atoms with E-state index in [4.69, 9.17) is 4.74 Å². The van der Waals surface area contributed by atoms with E-state index in [0.29, 0.717) is 6.10 Å². The normalized spacial score (nSPS) is 23.9. The van der Waals surface area contributed by atoms with Gasteiger partial charge in [-0.15, -0.1) is 0 Å². The van der Waals surface area contributed by atoms with Crippen LogP contribution in [0, 0.1) is 12.8 Å². The number of pyridine rings is 1. The molecule has 1 fully saturated rings. The first-order valence-electron chi connectivity index (χ1n) is 7.35. The maximum atomic E-state index is 6.07. The second-order valence-corrected chi connectivity index (χ2v) is 5.46. The van der Waals surface area contributed by atoms with E-state index in [1.807, 2.05) is 6.20 Å². The van der Waals surface area contributed by atoms with Crippen LogP contribution in [0.1, 0.15) is 57.2 Å². The minimum Gasteiger partial charge on any atom is -0.489 e. The minimum atomic E-state index is 0.404. The molecule has 0 bridgehead atoms. The number of ether oxygens (including phenoxy) is 1. The Bertz CT molecular complexity index is 381. The van der Waals surface area contributed by atoms with E-state index < -0.39 is 0 Å². The smallest absolute Gasteiger partial charge is 0.138 e. The second kappa shape index (κ2) is 6.21. The predicted octanol–water partition coefficient (Wildman–Crippen LogP) is 4.30. The van der Waals surface area contributed by atoms with Crippen LogP contribution in [0.15, 0.2) is 12.3 Å². The molecule has 1 aromatic heterocycles. The third-order valence-corrected chi connectivity index (χ3v) is 4.17. The van der Waals surface area contributed by atoms with Crippen molar-refractivity contribution in [1.29, 1.82) is 0 Å². The standard InChI is InChI=1S/C16H25NO/c1-4-13-6-8-14(9-7-13)18-15-10-12(3)16(5-2)17-11-15/h10-11,13-14H,4-9H2,1-3H3/t13-,14-. The zero-order valence-electron chi connectivity index (χ0n) is 11.9. The van der Waals surface area contributed by atoms with Crippen LogP contribution in [-0.4, -0.2) is 11.1 Å². The van der Waals surface area contributed by atoms with E-state index in [-0.39, 0.29) is 0 Å². The highest BCUT2D eigenvalue weighted by atomic mass is 16.5. The molecule has 1 saturated carbocycles. The Morgan fingerprint density at radius 3 is 2.50 bits per heavy atom. The Morgan fingerprint density at radius 2 is 1.94 bits per heavy atom. The summed E-state index contributed by atoms with van der Waals surface area (Å²) in [7, 11) is 0. The van der Waals surface area contributed by atoms with Gasteiger partial charge in [0.15, 0.2) is 0 Å². The number of rotatable bonds is 4. The van der Waals surface area contributed by atoms with Crippen LogP contribution in [-0.2, 0) is 6.42 Å². The van der Waals surface area contributed by atoms with Gasteiger partial charge < -0.3 is 4.74 Å². The lowest BCUT2D eigenvalue weighted by molar-refractivity contribution is 0.129. The highest BCUT2D eigenvalue weighted by molar-refractivity contribution is 5.28. The molecule has 0 atom stereocenters. The Hall–Kier alpha value is -1.05. The third kappa shape index (κ3) is 3.24. The lowest BCUT2D eigenvalue weighted by Crippen LogP contribution is -2.24. The van der Waals surface area contributed by atoms with E-state index in [0.717, 1.165) is 18.1 Å². The topological polar surface area (TPSA) is 22.1 Å². The molecule has 0 aromatic carbocycles. The van der Waals surface area contributed by atoms with E-state index in [1.165, 1.54) is 43.4 Å². The van der Waals surface area contributed by atoms with Crippen molar-refractivity contribution < 1.29 is 4.74 Å². The van der Waals surface area contributed by atoms with Crippen molar-refractivity contribution in [3.63, 3.8) is 0 Å². The van der Waals surface area contributed by atoms with Gasteiger partial charge >= 0.3 is 0 Å². The van der Waals surface area contributed by atoms with Crippen molar-refractivity contribution in [1.82, 2.24) is 4.98 Å². The summed E-state index contributed by atoms with van der Waals surface area (Å²) in [6.45, 7) is 6.55. The molecular weight excluding hydrogens is 222 g/mol. The van der Waals surface area contributed by atoms with Gasteiger partial charge in [-0.3, -0.25) is 4.98 Å². The third-order valence-electron chi connectivity index (χ3n) is 4.17. The van der Waals surface area contributed by atoms with E-state index in [1.54, 1.807) is 0 Å². The van der Waals surface area contributed by atoms with Gasteiger partial charge in [0, 0.05) is 5.69 Å². The van der Waals surface area contributed by atoms with Crippen molar-refractivity contribution in [2.24, 2.45) is 5.92 Å². The number of nitrogens with zero attached hydrogens (tertiary/aromatic N) is 1. The lowest BCUT2D eigenvalue weighted by Gasteiger charge is -2.28. The fourth-order valence-electron chi connectivity index (χ4n) is 2.86. The summed E-state index contributed by atoms with van der Waals surface area (Å²) in [4.78, 5) is 4.47. The van der Waals surface area contributed by atoms with Crippen molar-refractivity contribution >= 4 is 0 Å². The Labute approximate surface area is 111 Å². The average molecular weight is 247 g/mol. The summed E-state index contributed by atoms with van der Waals surface area (Å²) in [5, 5.41) is 0. The Kier molecular flexibility index (Phi) is 4.62. The fourth-order valence-corrected chi connectivity index (χ4v) is 2.86. The molecule has 2 rings (SSSR count). The Morgan fingerprint density at radius 1 is 1.22 bits per heavy atom. The van der Waals surface area contributed by atoms with Gasteiger partial charge in [0.2, 0.25) is 0 Å². The van der Waals surface area contributed by atoms with Gasteiger partial charge in [0.05, 0.1) is 12.3 Å². The average Bonchev–Trinajstić information content (AvgIpc) is 2.40. The molecule has 0 amide bonds. The van der Waals surface area contributed by atoms with E-state index >= 15 is 0 Å². The molecule has 0 aliphatic heterocycles. The molecule has 1 heterocycles. The number of aryl methyl sites for hydroxylation is 2. The molecule has 0 radical (unpaired) electrons. The lowest BCUT2D eigenvalue weighted by atomic mass is 9.86. The number of hydrogen-bond acceptors (Lipinski definition) is 2. The highest BCUT2D eigenvalue weighted by Gasteiger charge is 2.21. The molecular formula is C16H25NO. The van der Waals surface area contributed by atoms with Crippen LogP contribution < -0.4 is 4.74 Å². The van der Waals surface area contributed by atoms with Crippen LogP contribution in [0.25, 0.3) is 0 Å². The maximum Gasteiger partial charge on any atom is 0.138 e. The first-order chi connectivity index (χ1) is 8.72. The van der Waals surface area contributed by atoms with Crippen LogP contribution in [0.3, 0.4) is 0 Å². The minimum absolute atomic E-state index is 0.404. The monoisotopic (exact) mass is 247 g/mol. The molecule has 18 heavy (non-hydrogen) atoms. The zero-order valence-corrected chi connectivity index (χ0v) is 11.9. The van der Waals surface area contributed by atoms with Crippen LogP contribution >= 0.6 is 0 Å². The molecule has 0 N–H and O–H groups in total. The van der Waals surface area contributed by atoms with Gasteiger partial charge in [-0.25, -0.2) is 0 Å².